The maximum Gasteiger partial charge on any atom is 0.418 e. The third-order valence-corrected chi connectivity index (χ3v) is 8.92. The van der Waals surface area contributed by atoms with Crippen molar-refractivity contribution in [3.05, 3.63) is 70.7 Å². The van der Waals surface area contributed by atoms with Gasteiger partial charge in [0.05, 0.1) is 41.7 Å². The average Bonchev–Trinajstić information content (AvgIpc) is 3.38. The van der Waals surface area contributed by atoms with Gasteiger partial charge < -0.3 is 31.4 Å². The summed E-state index contributed by atoms with van der Waals surface area (Å²) in [6.45, 7) is -0.544. The van der Waals surface area contributed by atoms with Crippen LogP contribution in [0.25, 0.3) is 10.9 Å². The van der Waals surface area contributed by atoms with Crippen LogP contribution in [0.2, 0.25) is 0 Å². The molecule has 5 rings (SSSR count). The van der Waals surface area contributed by atoms with E-state index in [2.05, 4.69) is 26.3 Å². The predicted molar refractivity (Wildman–Crippen MR) is 166 cm³/mol. The van der Waals surface area contributed by atoms with Crippen LogP contribution in [0.1, 0.15) is 54.5 Å². The van der Waals surface area contributed by atoms with Crippen molar-refractivity contribution in [1.29, 1.82) is 0 Å². The highest BCUT2D eigenvalue weighted by atomic mass is 32.1. The van der Waals surface area contributed by atoms with Crippen LogP contribution in [-0.4, -0.2) is 63.6 Å². The Morgan fingerprint density at radius 1 is 0.978 bits per heavy atom. The molecule has 0 bridgehead atoms. The fourth-order valence-corrected chi connectivity index (χ4v) is 6.50. The number of aromatic amines is 1. The number of halogens is 4. The molecule has 0 aliphatic heterocycles. The topological polar surface area (TPSA) is 135 Å². The van der Waals surface area contributed by atoms with Crippen LogP contribution in [0.3, 0.4) is 0 Å². The summed E-state index contributed by atoms with van der Waals surface area (Å²) in [6, 6.07) is 9.63. The smallest absolute Gasteiger partial charge is 0.393 e. The number of carbonyl (C=O) groups is 3. The summed E-state index contributed by atoms with van der Waals surface area (Å²) in [5.74, 6) is -2.43. The van der Waals surface area contributed by atoms with Crippen molar-refractivity contribution in [3.8, 4) is 0 Å². The van der Waals surface area contributed by atoms with Gasteiger partial charge in [0, 0.05) is 23.5 Å². The molecular weight excluding hydrogens is 626 g/mol. The zero-order valence-corrected chi connectivity index (χ0v) is 25.7. The fraction of sp³-hybridized carbons (Fsp3) is 0.438. The van der Waals surface area contributed by atoms with E-state index in [9.17, 15) is 37.1 Å². The minimum absolute atomic E-state index is 0.0385. The Balaban J connectivity index is 1.32. The molecule has 0 unspecified atom stereocenters. The molecule has 1 saturated carbocycles. The van der Waals surface area contributed by atoms with E-state index in [1.54, 1.807) is 12.1 Å². The van der Waals surface area contributed by atoms with E-state index < -0.39 is 47.4 Å². The summed E-state index contributed by atoms with van der Waals surface area (Å²) >= 11 is 5.44. The molecule has 1 heterocycles. The number of aromatic nitrogens is 1. The second-order valence-electron chi connectivity index (χ2n) is 11.9. The van der Waals surface area contributed by atoms with Gasteiger partial charge in [0.25, 0.3) is 0 Å². The van der Waals surface area contributed by atoms with Crippen molar-refractivity contribution in [2.45, 2.75) is 75.2 Å². The van der Waals surface area contributed by atoms with E-state index in [0.717, 1.165) is 18.9 Å². The number of hydrogen-bond donors (Lipinski definition) is 6. The summed E-state index contributed by atoms with van der Waals surface area (Å²) in [5.41, 5.74) is -1.31. The first-order chi connectivity index (χ1) is 21.8. The standard InChI is InChI=1S/C32H35F4N5O4S/c33-24-7-2-1-4-18(24)14-26(43)37-16-27(44)41-31(30(45)38-17-28(46)39-19-8-10-20(42)11-9-19)13-12-25-22(15-31)21-5-3-6-23(29(21)40-25)32(34,35)36/h1-7,19-20,40,42H,8-17H2,(H,37,43)(H,38,45)(H,39,46)(H,41,44)/t19?,20?,31-/m1/s1. The molecule has 3 aromatic rings. The van der Waals surface area contributed by atoms with Gasteiger partial charge in [-0.2, -0.15) is 13.2 Å². The summed E-state index contributed by atoms with van der Waals surface area (Å²) in [7, 11) is 0. The SMILES string of the molecule is O=C(Cc1ccccc1F)NCC(=O)N[C@]1(C(=O)NCC(=S)NC2CCC(O)CC2)CCc2[nH]c3c(C(F)(F)F)cccc3c2C1. The van der Waals surface area contributed by atoms with E-state index in [1.807, 2.05) is 0 Å². The number of para-hydroxylation sites is 1. The Hall–Kier alpha value is -4.04. The number of thiocarbonyl (C=S) groups is 1. The van der Waals surface area contributed by atoms with Gasteiger partial charge in [0.1, 0.15) is 11.4 Å². The highest BCUT2D eigenvalue weighted by molar-refractivity contribution is 7.80. The average molecular weight is 662 g/mol. The van der Waals surface area contributed by atoms with Crippen LogP contribution >= 0.6 is 12.2 Å². The first-order valence-electron chi connectivity index (χ1n) is 15.1. The van der Waals surface area contributed by atoms with Crippen LogP contribution in [-0.2, 0) is 39.8 Å². The van der Waals surface area contributed by atoms with Gasteiger partial charge in [-0.3, -0.25) is 14.4 Å². The quantitative estimate of drug-likeness (QED) is 0.154. The summed E-state index contributed by atoms with van der Waals surface area (Å²) in [6.07, 6.45) is -2.38. The van der Waals surface area contributed by atoms with Gasteiger partial charge in [-0.1, -0.05) is 42.5 Å². The summed E-state index contributed by atoms with van der Waals surface area (Å²) in [4.78, 5) is 42.7. The normalized spacial score (nSPS) is 21.2. The number of H-pyrrole nitrogens is 1. The van der Waals surface area contributed by atoms with Crippen molar-refractivity contribution < 1.29 is 37.1 Å². The lowest BCUT2D eigenvalue weighted by atomic mass is 9.78. The Labute approximate surface area is 267 Å². The van der Waals surface area contributed by atoms with Crippen LogP contribution in [0, 0.1) is 5.82 Å². The maximum atomic E-state index is 14.0. The number of carbonyl (C=O) groups excluding carboxylic acids is 3. The number of fused-ring (bicyclic) bond motifs is 3. The Bertz CT molecular complexity index is 1640. The van der Waals surface area contributed by atoms with Gasteiger partial charge in [-0.25, -0.2) is 4.39 Å². The van der Waals surface area contributed by atoms with E-state index in [1.165, 1.54) is 24.3 Å². The molecule has 2 aliphatic rings. The number of amides is 3. The van der Waals surface area contributed by atoms with Crippen LogP contribution in [0.4, 0.5) is 17.6 Å². The number of nitrogens with one attached hydrogen (secondary N) is 5. The molecule has 246 valence electrons. The molecule has 6 N–H and O–H groups in total. The van der Waals surface area contributed by atoms with Gasteiger partial charge in [0.15, 0.2) is 0 Å². The summed E-state index contributed by atoms with van der Waals surface area (Å²) < 4.78 is 55.3. The molecule has 0 saturated heterocycles. The lowest BCUT2D eigenvalue weighted by Gasteiger charge is -2.37. The number of benzene rings is 2. The van der Waals surface area contributed by atoms with Crippen LogP contribution < -0.4 is 21.3 Å². The molecule has 0 radical (unpaired) electrons. The number of alkyl halides is 3. The highest BCUT2D eigenvalue weighted by Crippen LogP contribution is 2.40. The van der Waals surface area contributed by atoms with E-state index in [0.29, 0.717) is 34.5 Å². The van der Waals surface area contributed by atoms with Gasteiger partial charge >= 0.3 is 6.18 Å². The first-order valence-corrected chi connectivity index (χ1v) is 15.5. The molecule has 0 spiro atoms. The van der Waals surface area contributed by atoms with Gasteiger partial charge in [-0.05, 0) is 61.8 Å². The first kappa shape index (κ1) is 33.3. The number of aryl methyl sites for hydroxylation is 1. The molecule has 1 atom stereocenters. The molecule has 46 heavy (non-hydrogen) atoms. The van der Waals surface area contributed by atoms with Gasteiger partial charge in [-0.15, -0.1) is 0 Å². The van der Waals surface area contributed by atoms with Crippen molar-refractivity contribution in [2.75, 3.05) is 13.1 Å². The zero-order valence-electron chi connectivity index (χ0n) is 24.9. The molecule has 2 aromatic carbocycles. The van der Waals surface area contributed by atoms with E-state index in [-0.39, 0.29) is 55.5 Å². The van der Waals surface area contributed by atoms with Crippen molar-refractivity contribution in [2.24, 2.45) is 0 Å². The predicted octanol–water partition coefficient (Wildman–Crippen LogP) is 3.37. The number of rotatable bonds is 9. The molecule has 1 fully saturated rings. The number of aliphatic hydroxyl groups excluding tert-OH is 1. The monoisotopic (exact) mass is 661 g/mol. The van der Waals surface area contributed by atoms with Gasteiger partial charge in [0.2, 0.25) is 17.7 Å². The molecule has 2 aliphatic carbocycles. The zero-order chi connectivity index (χ0) is 33.1. The lowest BCUT2D eigenvalue weighted by Crippen LogP contribution is -2.63. The lowest BCUT2D eigenvalue weighted by molar-refractivity contribution is -0.136. The minimum Gasteiger partial charge on any atom is -0.393 e. The van der Waals surface area contributed by atoms with Crippen LogP contribution in [0.15, 0.2) is 42.5 Å². The number of aliphatic hydroxyl groups is 1. The number of hydrogen-bond acceptors (Lipinski definition) is 5. The second kappa shape index (κ2) is 13.8. The molecule has 9 nitrogen and oxygen atoms in total. The Morgan fingerprint density at radius 3 is 2.43 bits per heavy atom. The molecular formula is C32H35F4N5O4S. The van der Waals surface area contributed by atoms with Crippen molar-refractivity contribution in [3.63, 3.8) is 0 Å². The van der Waals surface area contributed by atoms with E-state index >= 15 is 0 Å². The molecule has 14 heteroatoms. The van der Waals surface area contributed by atoms with E-state index in [4.69, 9.17) is 12.2 Å². The third kappa shape index (κ3) is 7.66. The van der Waals surface area contributed by atoms with Crippen LogP contribution in [0.5, 0.6) is 0 Å². The fourth-order valence-electron chi connectivity index (χ4n) is 6.26. The third-order valence-electron chi connectivity index (χ3n) is 8.66. The minimum atomic E-state index is -4.60. The highest BCUT2D eigenvalue weighted by Gasteiger charge is 2.44. The second-order valence-corrected chi connectivity index (χ2v) is 12.4. The molecule has 1 aromatic heterocycles. The Morgan fingerprint density at radius 2 is 1.72 bits per heavy atom. The maximum absolute atomic E-state index is 14.0. The summed E-state index contributed by atoms with van der Waals surface area (Å²) in [5, 5.41) is 21.2. The van der Waals surface area contributed by atoms with Crippen molar-refractivity contribution >= 4 is 45.8 Å². The van der Waals surface area contributed by atoms with Crippen molar-refractivity contribution in [1.82, 2.24) is 26.3 Å². The Kier molecular flexibility index (Phi) is 9.96. The molecule has 3 amide bonds. The largest absolute Gasteiger partial charge is 0.418 e.